The summed E-state index contributed by atoms with van der Waals surface area (Å²) in [6.07, 6.45) is 0.458. The van der Waals surface area contributed by atoms with Gasteiger partial charge in [-0.05, 0) is 180 Å². The maximum Gasteiger partial charge on any atom is 0.407 e. The Balaban J connectivity index is 0.000000292. The van der Waals surface area contributed by atoms with E-state index in [2.05, 4.69) is 26.1 Å². The molecule has 9 aromatic rings. The van der Waals surface area contributed by atoms with Crippen molar-refractivity contribution in [3.05, 3.63) is 302 Å². The van der Waals surface area contributed by atoms with Gasteiger partial charge in [-0.25, -0.2) is 29.4 Å². The van der Waals surface area contributed by atoms with Crippen molar-refractivity contribution in [2.45, 2.75) is 220 Å². The summed E-state index contributed by atoms with van der Waals surface area (Å²) in [5, 5.41) is 11.0. The number of carbonyl (C=O) groups is 7. The van der Waals surface area contributed by atoms with Crippen LogP contribution in [0.1, 0.15) is 244 Å². The molecule has 9 rings (SSSR count). The van der Waals surface area contributed by atoms with Gasteiger partial charge in [-0.1, -0.05) is 186 Å². The summed E-state index contributed by atoms with van der Waals surface area (Å²) in [5.41, 5.74) is 13.3. The zero-order chi connectivity index (χ0) is 92.2. The largest absolute Gasteiger partial charge is 0.444 e. The number of nitrogens with two attached hydrogens (primary N) is 1. The molecule has 6 N–H and O–H groups in total. The second-order valence-electron chi connectivity index (χ2n) is 34.4. The zero-order valence-electron chi connectivity index (χ0n) is 76.8. The molecule has 6 aromatic carbocycles. The fourth-order valence-electron chi connectivity index (χ4n) is 14.4. The van der Waals surface area contributed by atoms with Crippen LogP contribution in [0.4, 0.5) is 15.3 Å². The third kappa shape index (κ3) is 29.9. The molecule has 0 saturated heterocycles. The number of benzene rings is 6. The molecule has 3 unspecified atom stereocenters. The molecule has 7 amide bonds. The topological polar surface area (TPSA) is 331 Å². The van der Waals surface area contributed by atoms with Gasteiger partial charge >= 0.3 is 12.2 Å². The van der Waals surface area contributed by atoms with Crippen LogP contribution in [0.5, 0.6) is 0 Å². The van der Waals surface area contributed by atoms with Crippen LogP contribution in [0.25, 0.3) is 4.85 Å². The summed E-state index contributed by atoms with van der Waals surface area (Å²) in [5.74, 6) is 0.0852. The first kappa shape index (κ1) is 102. The van der Waals surface area contributed by atoms with Gasteiger partial charge in [0.25, 0.3) is 40.1 Å². The van der Waals surface area contributed by atoms with Gasteiger partial charge in [0.1, 0.15) is 28.7 Å². The van der Waals surface area contributed by atoms with Crippen molar-refractivity contribution in [2.24, 2.45) is 23.5 Å². The van der Waals surface area contributed by atoms with Gasteiger partial charge in [0.05, 0.1) is 74.2 Å². The van der Waals surface area contributed by atoms with Crippen molar-refractivity contribution < 1.29 is 43.0 Å². The van der Waals surface area contributed by atoms with Gasteiger partial charge in [-0.3, -0.25) is 52.1 Å². The van der Waals surface area contributed by atoms with Crippen LogP contribution >= 0.6 is 12.4 Å². The van der Waals surface area contributed by atoms with Crippen molar-refractivity contribution >= 4 is 59.8 Å². The molecule has 674 valence electrons. The maximum atomic E-state index is 14.2. The standard InChI is InChI=1S/C35H47N5O5.C33H41N5O4.C30H39N5O3.ClH/c1-23(2)30(31-38-25(4)29(21-37-26(5)41)33(43)40(31)22-27-13-10-9-11-14-27)39(32(42)28-17-15-24(3)16-18-28)20-12-19-36-34(44)45-35(6,7)8;1-22(2)28(29-36-24(4)27(34-8)31(40)38(29)21-25-13-10-9-11-14-25)37(30(39)26-17-15-23(3)16-18-26)20-12-19-35-32(41)42-33(5,6)7;1-20(2)27(34(17-9-16-31)29(37)25-14-12-21(3)13-15-25)28-33-22(4)26(18-32-23(5)36)30(38)35(28)19-24-10-7-6-8-11-24;/h9-11,13-18,23,30H,12,19-22H2,1-8H3,(H,36,44)(H,37,41);9-11,13-18,22,28H,12,19-21H2,1-7H3,(H,35,41);6-8,10-15,20,27H,9,16-19,31H2,1-5H3,(H,32,36);1H. The first-order chi connectivity index (χ1) is 59.1. The lowest BCUT2D eigenvalue weighted by molar-refractivity contribution is -0.120. The first-order valence-corrected chi connectivity index (χ1v) is 42.7. The van der Waals surface area contributed by atoms with E-state index in [-0.39, 0.29) is 122 Å². The number of nitrogens with zero attached hydrogens (tertiary/aromatic N) is 10. The Morgan fingerprint density at radius 1 is 0.421 bits per heavy atom. The number of nitrogens with one attached hydrogen (secondary N) is 4. The Hall–Kier alpha value is -12.4. The van der Waals surface area contributed by atoms with E-state index < -0.39 is 47.1 Å². The number of rotatable bonds is 33. The molecular formula is C98H128ClN15O12. The molecule has 0 fully saturated rings. The molecule has 0 aliphatic carbocycles. The molecule has 0 aliphatic heterocycles. The fourth-order valence-corrected chi connectivity index (χ4v) is 14.4. The van der Waals surface area contributed by atoms with E-state index >= 15 is 0 Å². The summed E-state index contributed by atoms with van der Waals surface area (Å²) in [4.78, 5) is 155. The van der Waals surface area contributed by atoms with Crippen molar-refractivity contribution in [1.29, 1.82) is 0 Å². The third-order valence-electron chi connectivity index (χ3n) is 20.5. The van der Waals surface area contributed by atoms with Crippen molar-refractivity contribution in [1.82, 2.24) is 64.6 Å². The normalized spacial score (nSPS) is 11.9. The molecule has 3 atom stereocenters. The molecule has 28 heteroatoms. The van der Waals surface area contributed by atoms with E-state index in [9.17, 15) is 47.9 Å². The van der Waals surface area contributed by atoms with Gasteiger partial charge in [0.15, 0.2) is 0 Å². The van der Waals surface area contributed by atoms with Gasteiger partial charge in [0, 0.05) is 74.6 Å². The number of amides is 7. The Morgan fingerprint density at radius 2 is 0.698 bits per heavy atom. The van der Waals surface area contributed by atoms with E-state index in [0.717, 1.165) is 33.4 Å². The number of aryl methyl sites for hydroxylation is 6. The number of carbonyl (C=O) groups excluding carboxylic acids is 7. The van der Waals surface area contributed by atoms with Crippen molar-refractivity contribution in [3.63, 3.8) is 0 Å². The summed E-state index contributed by atoms with van der Waals surface area (Å²) in [6.45, 7) is 47.2. The van der Waals surface area contributed by atoms with Crippen molar-refractivity contribution in [3.8, 4) is 0 Å². The Kier molecular flexibility index (Phi) is 39.1. The van der Waals surface area contributed by atoms with Gasteiger partial charge in [-0.2, -0.15) is 0 Å². The molecule has 126 heavy (non-hydrogen) atoms. The Bertz CT molecular complexity index is 5370. The smallest absolute Gasteiger partial charge is 0.407 e. The summed E-state index contributed by atoms with van der Waals surface area (Å²) >= 11 is 0. The van der Waals surface area contributed by atoms with E-state index in [4.69, 9.17) is 36.7 Å². The van der Waals surface area contributed by atoms with Crippen LogP contribution in [0, 0.1) is 65.9 Å². The fraction of sp³-hybridized carbons (Fsp3) is 0.429. The number of hydrogen-bond donors (Lipinski definition) is 5. The predicted octanol–water partition coefficient (Wildman–Crippen LogP) is 15.7. The molecule has 0 spiro atoms. The van der Waals surface area contributed by atoms with Gasteiger partial charge < -0.3 is 51.2 Å². The number of hydrogen-bond acceptors (Lipinski definition) is 16. The molecule has 0 bridgehead atoms. The molecule has 0 saturated carbocycles. The highest BCUT2D eigenvalue weighted by Gasteiger charge is 2.38. The van der Waals surface area contributed by atoms with E-state index in [1.54, 1.807) is 110 Å². The summed E-state index contributed by atoms with van der Waals surface area (Å²) in [6, 6.07) is 49.4. The van der Waals surface area contributed by atoms with Crippen LogP contribution in [0.2, 0.25) is 0 Å². The average Bonchev–Trinajstić information content (AvgIpc) is 0.779. The number of ether oxygens (including phenoxy) is 2. The minimum absolute atomic E-state index is 0. The van der Waals surface area contributed by atoms with Crippen LogP contribution < -0.4 is 43.7 Å². The quantitative estimate of drug-likeness (QED) is 0.0188. The maximum absolute atomic E-state index is 14.2. The van der Waals surface area contributed by atoms with E-state index in [1.807, 2.05) is 202 Å². The molecule has 3 heterocycles. The van der Waals surface area contributed by atoms with Gasteiger partial charge in [0.2, 0.25) is 11.8 Å². The monoisotopic (exact) mass is 1740 g/mol. The molecule has 0 aliphatic rings. The SMILES string of the molecule is CC(=O)NCc1c(C)nc(C(C(C)C)N(CCCN)C(=O)c2ccc(C)cc2)n(Cc2ccccc2)c1=O.CC(=O)NCc1c(C)nc(C(C(C)C)N(CCCNC(=O)OC(C)(C)C)C(=O)c2ccc(C)cc2)n(Cc2ccccc2)c1=O.Cl.[C-]#[N+]c1c(C)nc(C(C(C)C)N(CCCNC(=O)OC(C)(C)C)C(=O)c2ccc(C)cc2)n(Cc2ccccc2)c1=O. The lowest BCUT2D eigenvalue weighted by Crippen LogP contribution is -2.44. The highest BCUT2D eigenvalue weighted by atomic mass is 35.5. The highest BCUT2D eigenvalue weighted by Crippen LogP contribution is 2.35. The van der Waals surface area contributed by atoms with E-state index in [0.29, 0.717) is 108 Å². The van der Waals surface area contributed by atoms with Crippen LogP contribution in [-0.4, -0.2) is 136 Å². The third-order valence-corrected chi connectivity index (χ3v) is 20.5. The zero-order valence-corrected chi connectivity index (χ0v) is 77.6. The molecular weight excluding hydrogens is 1610 g/mol. The van der Waals surface area contributed by atoms with Crippen LogP contribution in [0.3, 0.4) is 0 Å². The summed E-state index contributed by atoms with van der Waals surface area (Å²) < 4.78 is 15.5. The Labute approximate surface area is 748 Å². The van der Waals surface area contributed by atoms with E-state index in [1.165, 1.54) is 18.4 Å². The number of alkyl carbamates (subject to hydrolysis) is 2. The lowest BCUT2D eigenvalue weighted by Gasteiger charge is -2.36. The van der Waals surface area contributed by atoms with Crippen molar-refractivity contribution in [2.75, 3.05) is 39.3 Å². The highest BCUT2D eigenvalue weighted by molar-refractivity contribution is 5.96. The summed E-state index contributed by atoms with van der Waals surface area (Å²) in [7, 11) is 0. The number of halogens is 1. The Morgan fingerprint density at radius 3 is 0.960 bits per heavy atom. The second kappa shape index (κ2) is 48.2. The van der Waals surface area contributed by atoms with Crippen LogP contribution in [0.15, 0.2) is 178 Å². The molecule has 27 nitrogen and oxygen atoms in total. The van der Waals surface area contributed by atoms with Gasteiger partial charge in [-0.15, -0.1) is 12.4 Å². The minimum Gasteiger partial charge on any atom is -0.444 e. The predicted molar refractivity (Wildman–Crippen MR) is 496 cm³/mol. The molecule has 0 radical (unpaired) electrons. The molecule has 3 aromatic heterocycles. The first-order valence-electron chi connectivity index (χ1n) is 42.7. The average molecular weight is 1740 g/mol. The second-order valence-corrected chi connectivity index (χ2v) is 34.4. The number of aromatic nitrogens is 6. The lowest BCUT2D eigenvalue weighted by atomic mass is 9.98. The minimum atomic E-state index is -0.627. The van der Waals surface area contributed by atoms with Crippen LogP contribution in [-0.2, 0) is 51.8 Å².